The fourth-order valence-electron chi connectivity index (χ4n) is 2.06. The molecular weight excluding hydrogens is 218 g/mol. The monoisotopic (exact) mass is 235 g/mol. The lowest BCUT2D eigenvalue weighted by atomic mass is 10.3. The summed E-state index contributed by atoms with van der Waals surface area (Å²) >= 11 is 0. The second-order valence-electron chi connectivity index (χ2n) is 4.31. The van der Waals surface area contributed by atoms with Gasteiger partial charge in [-0.1, -0.05) is 18.2 Å². The minimum absolute atomic E-state index is 0.0151. The van der Waals surface area contributed by atoms with Gasteiger partial charge in [0.15, 0.2) is 6.10 Å². The zero-order valence-corrected chi connectivity index (χ0v) is 9.87. The highest BCUT2D eigenvalue weighted by molar-refractivity contribution is 5.71. The Bertz CT molecular complexity index is 380. The van der Waals surface area contributed by atoms with Gasteiger partial charge in [-0.05, 0) is 25.5 Å². The van der Waals surface area contributed by atoms with E-state index >= 15 is 0 Å². The molecule has 17 heavy (non-hydrogen) atoms. The van der Waals surface area contributed by atoms with E-state index in [4.69, 9.17) is 9.84 Å². The Morgan fingerprint density at radius 3 is 2.82 bits per heavy atom. The third kappa shape index (κ3) is 2.97. The number of carbonyl (C=O) groups is 1. The molecule has 1 N–H and O–H groups in total. The summed E-state index contributed by atoms with van der Waals surface area (Å²) in [6.45, 7) is 3.26. The summed E-state index contributed by atoms with van der Waals surface area (Å²) < 4.78 is 5.48. The maximum Gasteiger partial charge on any atom is 0.332 e. The molecule has 2 rings (SSSR count). The number of hydrogen-bond acceptors (Lipinski definition) is 3. The Morgan fingerprint density at radius 1 is 1.47 bits per heavy atom. The SMILES string of the molecule is CC(OC1CCN(c2ccccc2)C1)C(=O)O. The van der Waals surface area contributed by atoms with Gasteiger partial charge in [0.2, 0.25) is 0 Å². The van der Waals surface area contributed by atoms with Gasteiger partial charge < -0.3 is 14.7 Å². The van der Waals surface area contributed by atoms with Gasteiger partial charge in [0.05, 0.1) is 6.10 Å². The number of nitrogens with zero attached hydrogens (tertiary/aromatic N) is 1. The van der Waals surface area contributed by atoms with Crippen molar-refractivity contribution in [3.05, 3.63) is 30.3 Å². The fourth-order valence-corrected chi connectivity index (χ4v) is 2.06. The van der Waals surface area contributed by atoms with Crippen molar-refractivity contribution in [2.45, 2.75) is 25.6 Å². The van der Waals surface area contributed by atoms with E-state index in [1.54, 1.807) is 6.92 Å². The van der Waals surface area contributed by atoms with Crippen LogP contribution < -0.4 is 4.90 Å². The van der Waals surface area contributed by atoms with Crippen molar-refractivity contribution in [3.8, 4) is 0 Å². The first-order chi connectivity index (χ1) is 8.16. The second-order valence-corrected chi connectivity index (χ2v) is 4.31. The Labute approximate surface area is 101 Å². The first-order valence-corrected chi connectivity index (χ1v) is 5.85. The standard InChI is InChI=1S/C13H17NO3/c1-10(13(15)16)17-12-7-8-14(9-12)11-5-3-2-4-6-11/h2-6,10,12H,7-9H2,1H3,(H,15,16). The molecule has 1 fully saturated rings. The van der Waals surface area contributed by atoms with Crippen molar-refractivity contribution in [1.82, 2.24) is 0 Å². The van der Waals surface area contributed by atoms with Gasteiger partial charge in [0.25, 0.3) is 0 Å². The molecule has 0 radical (unpaired) electrons. The van der Waals surface area contributed by atoms with Crippen LogP contribution in [0.15, 0.2) is 30.3 Å². The number of carboxylic acid groups (broad SMARTS) is 1. The number of rotatable bonds is 4. The first-order valence-electron chi connectivity index (χ1n) is 5.85. The Kier molecular flexibility index (Phi) is 3.64. The zero-order valence-electron chi connectivity index (χ0n) is 9.87. The number of ether oxygens (including phenoxy) is 1. The third-order valence-corrected chi connectivity index (χ3v) is 3.01. The summed E-state index contributed by atoms with van der Waals surface area (Å²) in [6, 6.07) is 10.1. The molecule has 92 valence electrons. The van der Waals surface area contributed by atoms with Gasteiger partial charge in [-0.25, -0.2) is 4.79 Å². The van der Waals surface area contributed by atoms with Crippen molar-refractivity contribution in [2.75, 3.05) is 18.0 Å². The van der Waals surface area contributed by atoms with Crippen LogP contribution in [-0.4, -0.2) is 36.4 Å². The quantitative estimate of drug-likeness (QED) is 0.863. The molecule has 1 aromatic rings. The molecule has 0 aliphatic carbocycles. The molecule has 4 heteroatoms. The van der Waals surface area contributed by atoms with E-state index < -0.39 is 12.1 Å². The number of carboxylic acids is 1. The predicted octanol–water partition coefficient (Wildman–Crippen LogP) is 1.76. The Balaban J connectivity index is 1.90. The van der Waals surface area contributed by atoms with Crippen LogP contribution in [0.25, 0.3) is 0 Å². The van der Waals surface area contributed by atoms with Gasteiger partial charge in [-0.15, -0.1) is 0 Å². The van der Waals surface area contributed by atoms with Crippen molar-refractivity contribution >= 4 is 11.7 Å². The second kappa shape index (κ2) is 5.19. The van der Waals surface area contributed by atoms with Crippen LogP contribution in [0.2, 0.25) is 0 Å². The number of aliphatic carboxylic acids is 1. The van der Waals surface area contributed by atoms with Crippen molar-refractivity contribution in [2.24, 2.45) is 0 Å². The van der Waals surface area contributed by atoms with Crippen LogP contribution in [0, 0.1) is 0 Å². The van der Waals surface area contributed by atoms with Gasteiger partial charge in [-0.3, -0.25) is 0 Å². The number of benzene rings is 1. The molecule has 1 heterocycles. The summed E-state index contributed by atoms with van der Waals surface area (Å²) in [7, 11) is 0. The number of anilines is 1. The van der Waals surface area contributed by atoms with Crippen LogP contribution in [0.5, 0.6) is 0 Å². The topological polar surface area (TPSA) is 49.8 Å². The van der Waals surface area contributed by atoms with Gasteiger partial charge in [0.1, 0.15) is 0 Å². The lowest BCUT2D eigenvalue weighted by molar-refractivity contribution is -0.152. The molecule has 0 saturated carbocycles. The van der Waals surface area contributed by atoms with E-state index in [0.29, 0.717) is 0 Å². The molecule has 1 aromatic carbocycles. The fraction of sp³-hybridized carbons (Fsp3) is 0.462. The molecule has 1 aliphatic rings. The van der Waals surface area contributed by atoms with E-state index in [9.17, 15) is 4.79 Å². The molecule has 0 bridgehead atoms. The molecule has 0 spiro atoms. The van der Waals surface area contributed by atoms with Crippen molar-refractivity contribution in [1.29, 1.82) is 0 Å². The molecule has 1 saturated heterocycles. The van der Waals surface area contributed by atoms with E-state index in [0.717, 1.165) is 19.5 Å². The highest BCUT2D eigenvalue weighted by atomic mass is 16.5. The third-order valence-electron chi connectivity index (χ3n) is 3.01. The zero-order chi connectivity index (χ0) is 12.3. The lowest BCUT2D eigenvalue weighted by Crippen LogP contribution is -2.29. The molecule has 0 aromatic heterocycles. The summed E-state index contributed by atoms with van der Waals surface area (Å²) in [5.74, 6) is -0.900. The van der Waals surface area contributed by atoms with Crippen LogP contribution in [0.1, 0.15) is 13.3 Å². The summed E-state index contributed by atoms with van der Waals surface area (Å²) in [4.78, 5) is 12.9. The highest BCUT2D eigenvalue weighted by Crippen LogP contribution is 2.21. The number of para-hydroxylation sites is 1. The average molecular weight is 235 g/mol. The average Bonchev–Trinajstić information content (AvgIpc) is 2.78. The van der Waals surface area contributed by atoms with E-state index in [-0.39, 0.29) is 6.10 Å². The molecule has 1 aliphatic heterocycles. The van der Waals surface area contributed by atoms with Crippen LogP contribution in [0.4, 0.5) is 5.69 Å². The lowest BCUT2D eigenvalue weighted by Gasteiger charge is -2.19. The van der Waals surface area contributed by atoms with Crippen molar-refractivity contribution < 1.29 is 14.6 Å². The molecule has 2 unspecified atom stereocenters. The molecular formula is C13H17NO3. The summed E-state index contributed by atoms with van der Waals surface area (Å²) in [5.41, 5.74) is 1.17. The minimum atomic E-state index is -0.900. The maximum atomic E-state index is 10.7. The summed E-state index contributed by atoms with van der Waals surface area (Å²) in [6.07, 6.45) is 0.170. The number of hydrogen-bond donors (Lipinski definition) is 1. The van der Waals surface area contributed by atoms with Gasteiger partial charge in [0, 0.05) is 18.8 Å². The van der Waals surface area contributed by atoms with Crippen LogP contribution in [0.3, 0.4) is 0 Å². The van der Waals surface area contributed by atoms with Crippen molar-refractivity contribution in [3.63, 3.8) is 0 Å². The first kappa shape index (κ1) is 11.9. The van der Waals surface area contributed by atoms with Gasteiger partial charge >= 0.3 is 5.97 Å². The molecule has 2 atom stereocenters. The highest BCUT2D eigenvalue weighted by Gasteiger charge is 2.26. The maximum absolute atomic E-state index is 10.7. The van der Waals surface area contributed by atoms with E-state index in [1.165, 1.54) is 5.69 Å². The Morgan fingerprint density at radius 2 is 2.18 bits per heavy atom. The predicted molar refractivity (Wildman–Crippen MR) is 65.2 cm³/mol. The van der Waals surface area contributed by atoms with Crippen LogP contribution in [-0.2, 0) is 9.53 Å². The molecule has 0 amide bonds. The smallest absolute Gasteiger partial charge is 0.332 e. The largest absolute Gasteiger partial charge is 0.479 e. The minimum Gasteiger partial charge on any atom is -0.479 e. The normalized spacial score (nSPS) is 21.5. The van der Waals surface area contributed by atoms with Crippen LogP contribution >= 0.6 is 0 Å². The Hall–Kier alpha value is -1.55. The van der Waals surface area contributed by atoms with E-state index in [2.05, 4.69) is 17.0 Å². The summed E-state index contributed by atoms with van der Waals surface area (Å²) in [5, 5.41) is 8.79. The molecule has 4 nitrogen and oxygen atoms in total. The van der Waals surface area contributed by atoms with E-state index in [1.807, 2.05) is 18.2 Å². The van der Waals surface area contributed by atoms with Gasteiger partial charge in [-0.2, -0.15) is 0 Å².